The Hall–Kier alpha value is -1.22. The highest BCUT2D eigenvalue weighted by atomic mass is 16.5. The lowest BCUT2D eigenvalue weighted by Gasteiger charge is -2.12. The van der Waals surface area contributed by atoms with Crippen molar-refractivity contribution in [2.75, 3.05) is 26.3 Å². The maximum atomic E-state index is 5.65. The van der Waals surface area contributed by atoms with Crippen molar-refractivity contribution < 1.29 is 9.47 Å². The number of para-hydroxylation sites is 2. The largest absolute Gasteiger partial charge is 0.490 e. The number of hydrogen-bond acceptors (Lipinski definition) is 3. The number of likely N-dealkylation sites (N-methyl/N-ethyl adjacent to an activating group) is 1. The molecular formula is C13H21NO2. The molecule has 1 aromatic rings. The fourth-order valence-electron chi connectivity index (χ4n) is 1.31. The molecule has 0 saturated carbocycles. The Balaban J connectivity index is 2.43. The molecule has 0 saturated heterocycles. The maximum absolute atomic E-state index is 5.65. The van der Waals surface area contributed by atoms with Crippen molar-refractivity contribution in [1.29, 1.82) is 0 Å². The predicted octanol–water partition coefficient (Wildman–Crippen LogP) is 2.46. The van der Waals surface area contributed by atoms with Gasteiger partial charge in [0.15, 0.2) is 11.5 Å². The van der Waals surface area contributed by atoms with Gasteiger partial charge in [0.1, 0.15) is 6.61 Å². The van der Waals surface area contributed by atoms with E-state index in [2.05, 4.69) is 19.2 Å². The number of nitrogens with one attached hydrogen (secondary N) is 1. The summed E-state index contributed by atoms with van der Waals surface area (Å²) in [4.78, 5) is 0. The van der Waals surface area contributed by atoms with Crippen LogP contribution < -0.4 is 14.8 Å². The van der Waals surface area contributed by atoms with Crippen molar-refractivity contribution in [2.24, 2.45) is 0 Å². The molecule has 90 valence electrons. The Morgan fingerprint density at radius 1 is 1.00 bits per heavy atom. The van der Waals surface area contributed by atoms with Gasteiger partial charge in [-0.2, -0.15) is 0 Å². The monoisotopic (exact) mass is 223 g/mol. The summed E-state index contributed by atoms with van der Waals surface area (Å²) in [5, 5.41) is 3.22. The Morgan fingerprint density at radius 2 is 1.62 bits per heavy atom. The molecule has 0 spiro atoms. The van der Waals surface area contributed by atoms with Crippen molar-refractivity contribution in [1.82, 2.24) is 5.32 Å². The number of ether oxygens (including phenoxy) is 2. The second-order valence-corrected chi connectivity index (χ2v) is 3.50. The Morgan fingerprint density at radius 3 is 2.19 bits per heavy atom. The van der Waals surface area contributed by atoms with Crippen molar-refractivity contribution in [3.05, 3.63) is 24.3 Å². The van der Waals surface area contributed by atoms with Gasteiger partial charge in [-0.3, -0.25) is 0 Å². The highest BCUT2D eigenvalue weighted by Crippen LogP contribution is 2.26. The van der Waals surface area contributed by atoms with Gasteiger partial charge in [0.25, 0.3) is 0 Å². The molecule has 0 fully saturated rings. The van der Waals surface area contributed by atoms with Crippen LogP contribution in [0, 0.1) is 0 Å². The molecule has 0 aromatic heterocycles. The van der Waals surface area contributed by atoms with Crippen LogP contribution in [0.5, 0.6) is 11.5 Å². The van der Waals surface area contributed by atoms with Crippen LogP contribution in [-0.2, 0) is 0 Å². The molecule has 0 aliphatic rings. The fraction of sp³-hybridized carbons (Fsp3) is 0.538. The third kappa shape index (κ3) is 4.53. The van der Waals surface area contributed by atoms with Gasteiger partial charge in [-0.25, -0.2) is 0 Å². The summed E-state index contributed by atoms with van der Waals surface area (Å²) in [7, 11) is 0. The van der Waals surface area contributed by atoms with E-state index in [0.29, 0.717) is 6.61 Å². The van der Waals surface area contributed by atoms with Crippen LogP contribution in [0.4, 0.5) is 0 Å². The van der Waals surface area contributed by atoms with E-state index in [1.807, 2.05) is 24.3 Å². The molecule has 1 N–H and O–H groups in total. The smallest absolute Gasteiger partial charge is 0.161 e. The molecule has 0 aliphatic carbocycles. The van der Waals surface area contributed by atoms with Gasteiger partial charge in [0, 0.05) is 6.54 Å². The molecule has 0 amide bonds. The number of benzene rings is 1. The van der Waals surface area contributed by atoms with E-state index in [1.165, 1.54) is 0 Å². The van der Waals surface area contributed by atoms with Crippen molar-refractivity contribution >= 4 is 0 Å². The van der Waals surface area contributed by atoms with Crippen molar-refractivity contribution in [3.8, 4) is 11.5 Å². The zero-order valence-electron chi connectivity index (χ0n) is 10.2. The van der Waals surface area contributed by atoms with Gasteiger partial charge in [-0.05, 0) is 25.1 Å². The van der Waals surface area contributed by atoms with Gasteiger partial charge in [-0.15, -0.1) is 0 Å². The normalized spacial score (nSPS) is 10.1. The lowest BCUT2D eigenvalue weighted by molar-refractivity contribution is 0.268. The van der Waals surface area contributed by atoms with Crippen LogP contribution in [0.25, 0.3) is 0 Å². The molecule has 0 unspecified atom stereocenters. The summed E-state index contributed by atoms with van der Waals surface area (Å²) in [6, 6.07) is 7.80. The van der Waals surface area contributed by atoms with Crippen LogP contribution in [0.3, 0.4) is 0 Å². The first-order valence-electron chi connectivity index (χ1n) is 5.93. The van der Waals surface area contributed by atoms with E-state index in [9.17, 15) is 0 Å². The molecule has 16 heavy (non-hydrogen) atoms. The average Bonchev–Trinajstić information content (AvgIpc) is 2.33. The van der Waals surface area contributed by atoms with Crippen LogP contribution in [-0.4, -0.2) is 26.3 Å². The molecule has 0 bridgehead atoms. The second kappa shape index (κ2) is 7.99. The van der Waals surface area contributed by atoms with E-state index < -0.39 is 0 Å². The standard InChI is InChI=1S/C13H21NO2/c1-3-10-15-12-7-5-6-8-13(12)16-11-9-14-4-2/h5-8,14H,3-4,9-11H2,1-2H3. The first-order chi connectivity index (χ1) is 7.88. The average molecular weight is 223 g/mol. The molecular weight excluding hydrogens is 202 g/mol. The second-order valence-electron chi connectivity index (χ2n) is 3.50. The van der Waals surface area contributed by atoms with Crippen LogP contribution in [0.2, 0.25) is 0 Å². The zero-order chi connectivity index (χ0) is 11.6. The molecule has 0 heterocycles. The minimum Gasteiger partial charge on any atom is -0.490 e. The first kappa shape index (κ1) is 12.8. The summed E-state index contributed by atoms with van der Waals surface area (Å²) in [6.07, 6.45) is 1.01. The highest BCUT2D eigenvalue weighted by molar-refractivity contribution is 5.39. The lowest BCUT2D eigenvalue weighted by Crippen LogP contribution is -2.20. The van der Waals surface area contributed by atoms with Gasteiger partial charge in [0.05, 0.1) is 6.61 Å². The molecule has 0 atom stereocenters. The summed E-state index contributed by atoms with van der Waals surface area (Å²) in [5.41, 5.74) is 0. The third-order valence-electron chi connectivity index (χ3n) is 2.10. The summed E-state index contributed by atoms with van der Waals surface area (Å²) < 4.78 is 11.2. The minimum atomic E-state index is 0.667. The Bertz CT molecular complexity index is 289. The van der Waals surface area contributed by atoms with E-state index in [-0.39, 0.29) is 0 Å². The first-order valence-corrected chi connectivity index (χ1v) is 5.93. The summed E-state index contributed by atoms with van der Waals surface area (Å²) in [6.45, 7) is 7.40. The fourth-order valence-corrected chi connectivity index (χ4v) is 1.31. The molecule has 3 heteroatoms. The van der Waals surface area contributed by atoms with Gasteiger partial charge >= 0.3 is 0 Å². The highest BCUT2D eigenvalue weighted by Gasteiger charge is 2.02. The van der Waals surface area contributed by atoms with Crippen LogP contribution >= 0.6 is 0 Å². The maximum Gasteiger partial charge on any atom is 0.161 e. The molecule has 3 nitrogen and oxygen atoms in total. The Labute approximate surface area is 97.8 Å². The van der Waals surface area contributed by atoms with E-state index in [0.717, 1.165) is 37.6 Å². The van der Waals surface area contributed by atoms with E-state index >= 15 is 0 Å². The molecule has 1 rings (SSSR count). The minimum absolute atomic E-state index is 0.667. The molecule has 0 aliphatic heterocycles. The van der Waals surface area contributed by atoms with Crippen LogP contribution in [0.1, 0.15) is 20.3 Å². The predicted molar refractivity (Wildman–Crippen MR) is 66.3 cm³/mol. The van der Waals surface area contributed by atoms with Crippen LogP contribution in [0.15, 0.2) is 24.3 Å². The Kier molecular flexibility index (Phi) is 6.42. The number of hydrogen-bond donors (Lipinski definition) is 1. The molecule has 1 aromatic carbocycles. The van der Waals surface area contributed by atoms with E-state index in [1.54, 1.807) is 0 Å². The van der Waals surface area contributed by atoms with E-state index in [4.69, 9.17) is 9.47 Å². The topological polar surface area (TPSA) is 30.5 Å². The third-order valence-corrected chi connectivity index (χ3v) is 2.10. The number of rotatable bonds is 8. The molecule has 0 radical (unpaired) electrons. The summed E-state index contributed by atoms with van der Waals surface area (Å²) >= 11 is 0. The lowest BCUT2D eigenvalue weighted by atomic mass is 10.3. The van der Waals surface area contributed by atoms with Gasteiger partial charge in [0.2, 0.25) is 0 Å². The SMILES string of the molecule is CCCOc1ccccc1OCCNCC. The van der Waals surface area contributed by atoms with Gasteiger partial charge < -0.3 is 14.8 Å². The van der Waals surface area contributed by atoms with Crippen molar-refractivity contribution in [2.45, 2.75) is 20.3 Å². The van der Waals surface area contributed by atoms with Gasteiger partial charge in [-0.1, -0.05) is 26.0 Å². The van der Waals surface area contributed by atoms with Crippen molar-refractivity contribution in [3.63, 3.8) is 0 Å². The quantitative estimate of drug-likeness (QED) is 0.687. The zero-order valence-corrected chi connectivity index (χ0v) is 10.2. The summed E-state index contributed by atoms with van der Waals surface area (Å²) in [5.74, 6) is 1.66.